The van der Waals surface area contributed by atoms with E-state index in [-0.39, 0.29) is 0 Å². The summed E-state index contributed by atoms with van der Waals surface area (Å²) in [4.78, 5) is 0. The van der Waals surface area contributed by atoms with E-state index in [1.807, 2.05) is 18.7 Å². The normalized spacial score (nSPS) is 31.1. The van der Waals surface area contributed by atoms with Gasteiger partial charge in [-0.25, -0.2) is 0 Å². The van der Waals surface area contributed by atoms with Crippen LogP contribution >= 0.6 is 15.9 Å². The highest BCUT2D eigenvalue weighted by atomic mass is 79.9. The molecule has 1 heterocycles. The molecule has 4 nitrogen and oxygen atoms in total. The number of nitrogens with two attached hydrogens (primary N) is 1. The molecule has 0 aromatic carbocycles. The number of aromatic nitrogens is 2. The second-order valence-corrected chi connectivity index (χ2v) is 6.93. The Labute approximate surface area is 123 Å². The first kappa shape index (κ1) is 13.6. The molecule has 0 amide bonds. The summed E-state index contributed by atoms with van der Waals surface area (Å²) in [5, 5.41) is 4.47. The van der Waals surface area contributed by atoms with Crippen LogP contribution in [0, 0.1) is 24.7 Å². The van der Waals surface area contributed by atoms with E-state index in [1.165, 1.54) is 31.4 Å². The predicted molar refractivity (Wildman–Crippen MR) is 79.4 cm³/mol. The Kier molecular flexibility index (Phi) is 3.71. The van der Waals surface area contributed by atoms with Crippen molar-refractivity contribution >= 4 is 15.9 Å². The van der Waals surface area contributed by atoms with Gasteiger partial charge < -0.3 is 0 Å². The number of hydrogen-bond acceptors (Lipinski definition) is 3. The number of nitrogens with one attached hydrogen (secondary N) is 1. The molecule has 1 aromatic rings. The average molecular weight is 327 g/mol. The molecule has 19 heavy (non-hydrogen) atoms. The van der Waals surface area contributed by atoms with Crippen molar-refractivity contribution in [3.8, 4) is 0 Å². The summed E-state index contributed by atoms with van der Waals surface area (Å²) in [5.74, 6) is 8.44. The number of fused-ring (bicyclic) bond motifs is 1. The van der Waals surface area contributed by atoms with Gasteiger partial charge >= 0.3 is 0 Å². The number of halogens is 1. The molecule has 0 spiro atoms. The summed E-state index contributed by atoms with van der Waals surface area (Å²) in [6.45, 7) is 2.04. The standard InChI is InChI=1S/C14H23BrN4/c1-8-14(15)12(19(2)18-8)7-11(17-16)13-9-5-3-4-6-10(9)13/h9-11,13,17H,3-7,16H2,1-2H3. The van der Waals surface area contributed by atoms with Gasteiger partial charge in [0.1, 0.15) is 0 Å². The first-order chi connectivity index (χ1) is 9.13. The predicted octanol–water partition coefficient (Wildman–Crippen LogP) is 2.30. The largest absolute Gasteiger partial charge is 0.271 e. The third-order valence-corrected chi connectivity index (χ3v) is 6.11. The van der Waals surface area contributed by atoms with Gasteiger partial charge in [0.05, 0.1) is 15.9 Å². The van der Waals surface area contributed by atoms with E-state index >= 15 is 0 Å². The summed E-state index contributed by atoms with van der Waals surface area (Å²) in [6, 6.07) is 0.388. The zero-order valence-electron chi connectivity index (χ0n) is 11.7. The van der Waals surface area contributed by atoms with Crippen LogP contribution in [0.15, 0.2) is 4.47 Å². The fourth-order valence-corrected chi connectivity index (χ4v) is 4.56. The van der Waals surface area contributed by atoms with E-state index in [2.05, 4.69) is 26.5 Å². The average Bonchev–Trinajstić information content (AvgIpc) is 3.07. The lowest BCUT2D eigenvalue weighted by Crippen LogP contribution is -2.39. The maximum absolute atomic E-state index is 5.83. The lowest BCUT2D eigenvalue weighted by Gasteiger charge is -2.16. The Morgan fingerprint density at radius 3 is 2.53 bits per heavy atom. The van der Waals surface area contributed by atoms with Crippen LogP contribution in [-0.4, -0.2) is 15.8 Å². The van der Waals surface area contributed by atoms with Crippen molar-refractivity contribution in [1.29, 1.82) is 0 Å². The second-order valence-electron chi connectivity index (χ2n) is 6.14. The van der Waals surface area contributed by atoms with E-state index in [1.54, 1.807) is 0 Å². The minimum Gasteiger partial charge on any atom is -0.271 e. The minimum atomic E-state index is 0.388. The van der Waals surface area contributed by atoms with Gasteiger partial charge in [-0.2, -0.15) is 5.10 Å². The Hall–Kier alpha value is -0.390. The van der Waals surface area contributed by atoms with Crippen molar-refractivity contribution in [2.45, 2.75) is 45.1 Å². The molecule has 3 rings (SSSR count). The topological polar surface area (TPSA) is 55.9 Å². The number of hydrazine groups is 1. The Bertz CT molecular complexity index is 458. The molecule has 1 aromatic heterocycles. The van der Waals surface area contributed by atoms with E-state index < -0.39 is 0 Å². The summed E-state index contributed by atoms with van der Waals surface area (Å²) in [6.07, 6.45) is 6.58. The van der Waals surface area contributed by atoms with Crippen molar-refractivity contribution in [3.05, 3.63) is 15.9 Å². The smallest absolute Gasteiger partial charge is 0.0738 e. The van der Waals surface area contributed by atoms with Crippen LogP contribution in [0.1, 0.15) is 37.1 Å². The molecule has 2 saturated carbocycles. The van der Waals surface area contributed by atoms with Gasteiger partial charge in [-0.15, -0.1) is 0 Å². The highest BCUT2D eigenvalue weighted by molar-refractivity contribution is 9.10. The van der Waals surface area contributed by atoms with Crippen LogP contribution in [0.3, 0.4) is 0 Å². The maximum atomic E-state index is 5.83. The first-order valence-electron chi connectivity index (χ1n) is 7.27. The molecule has 3 N–H and O–H groups in total. The molecular formula is C14H23BrN4. The van der Waals surface area contributed by atoms with Crippen LogP contribution < -0.4 is 11.3 Å². The highest BCUT2D eigenvalue weighted by Gasteiger charge is 2.53. The summed E-state index contributed by atoms with van der Waals surface area (Å²) < 4.78 is 3.12. The monoisotopic (exact) mass is 326 g/mol. The summed E-state index contributed by atoms with van der Waals surface area (Å²) >= 11 is 3.65. The maximum Gasteiger partial charge on any atom is 0.0738 e. The van der Waals surface area contributed by atoms with Crippen molar-refractivity contribution < 1.29 is 0 Å². The van der Waals surface area contributed by atoms with Gasteiger partial charge in [-0.1, -0.05) is 12.8 Å². The molecule has 2 aliphatic rings. The quantitative estimate of drug-likeness (QED) is 0.659. The zero-order valence-corrected chi connectivity index (χ0v) is 13.3. The van der Waals surface area contributed by atoms with Gasteiger partial charge in [-0.05, 0) is 53.4 Å². The lowest BCUT2D eigenvalue weighted by atomic mass is 10.0. The minimum absolute atomic E-state index is 0.388. The van der Waals surface area contributed by atoms with E-state index in [0.29, 0.717) is 6.04 Å². The fraction of sp³-hybridized carbons (Fsp3) is 0.786. The molecule has 5 heteroatoms. The SMILES string of the molecule is Cc1nn(C)c(CC(NN)C2C3CCCCC32)c1Br. The molecule has 0 aliphatic heterocycles. The molecule has 2 fully saturated rings. The van der Waals surface area contributed by atoms with E-state index in [0.717, 1.165) is 34.3 Å². The Morgan fingerprint density at radius 2 is 2.05 bits per heavy atom. The van der Waals surface area contributed by atoms with E-state index in [9.17, 15) is 0 Å². The summed E-state index contributed by atoms with van der Waals surface area (Å²) in [5.41, 5.74) is 5.38. The van der Waals surface area contributed by atoms with Crippen molar-refractivity contribution in [2.24, 2.45) is 30.6 Å². The molecule has 0 saturated heterocycles. The molecule has 0 radical (unpaired) electrons. The van der Waals surface area contributed by atoms with Crippen LogP contribution in [0.2, 0.25) is 0 Å². The fourth-order valence-electron chi connectivity index (χ4n) is 4.06. The molecular weight excluding hydrogens is 304 g/mol. The first-order valence-corrected chi connectivity index (χ1v) is 8.07. The van der Waals surface area contributed by atoms with Gasteiger partial charge in [0.2, 0.25) is 0 Å². The molecule has 0 bridgehead atoms. The van der Waals surface area contributed by atoms with Crippen molar-refractivity contribution in [3.63, 3.8) is 0 Å². The van der Waals surface area contributed by atoms with Crippen molar-refractivity contribution in [1.82, 2.24) is 15.2 Å². The Morgan fingerprint density at radius 1 is 1.42 bits per heavy atom. The number of rotatable bonds is 4. The Balaban J connectivity index is 1.73. The molecule has 2 aliphatic carbocycles. The van der Waals surface area contributed by atoms with E-state index in [4.69, 9.17) is 5.84 Å². The summed E-state index contributed by atoms with van der Waals surface area (Å²) in [7, 11) is 2.01. The third kappa shape index (κ3) is 2.36. The lowest BCUT2D eigenvalue weighted by molar-refractivity contribution is 0.427. The van der Waals surface area contributed by atoms with Gasteiger partial charge in [0.25, 0.3) is 0 Å². The van der Waals surface area contributed by atoms with Crippen LogP contribution in [0.25, 0.3) is 0 Å². The van der Waals surface area contributed by atoms with Gasteiger partial charge in [-0.3, -0.25) is 16.0 Å². The van der Waals surface area contributed by atoms with Crippen LogP contribution in [0.4, 0.5) is 0 Å². The highest BCUT2D eigenvalue weighted by Crippen LogP contribution is 2.57. The number of hydrogen-bond donors (Lipinski definition) is 2. The molecule has 106 valence electrons. The third-order valence-electron chi connectivity index (χ3n) is 5.08. The molecule has 3 unspecified atom stereocenters. The van der Waals surface area contributed by atoms with Gasteiger partial charge in [0.15, 0.2) is 0 Å². The van der Waals surface area contributed by atoms with Crippen molar-refractivity contribution in [2.75, 3.05) is 0 Å². The second kappa shape index (κ2) is 5.19. The van der Waals surface area contributed by atoms with Crippen LogP contribution in [0.5, 0.6) is 0 Å². The zero-order chi connectivity index (χ0) is 13.6. The number of aryl methyl sites for hydroxylation is 2. The molecule has 3 atom stereocenters. The van der Waals surface area contributed by atoms with Crippen LogP contribution in [-0.2, 0) is 13.5 Å². The van der Waals surface area contributed by atoms with Gasteiger partial charge in [0, 0.05) is 19.5 Å². The number of nitrogens with zero attached hydrogens (tertiary/aromatic N) is 2.